The van der Waals surface area contributed by atoms with Gasteiger partial charge in [0.1, 0.15) is 12.4 Å². The zero-order valence-electron chi connectivity index (χ0n) is 19.0. The van der Waals surface area contributed by atoms with Crippen LogP contribution >= 0.6 is 0 Å². The van der Waals surface area contributed by atoms with Crippen LogP contribution in [-0.4, -0.2) is 64.7 Å². The highest BCUT2D eigenvalue weighted by Gasteiger charge is 2.32. The van der Waals surface area contributed by atoms with Crippen LogP contribution in [0.25, 0.3) is 5.57 Å². The van der Waals surface area contributed by atoms with Gasteiger partial charge in [-0.05, 0) is 60.9 Å². The molecule has 2 aromatic rings. The third-order valence-corrected chi connectivity index (χ3v) is 7.50. The fourth-order valence-electron chi connectivity index (χ4n) is 4.70. The highest BCUT2D eigenvalue weighted by Crippen LogP contribution is 2.39. The van der Waals surface area contributed by atoms with Crippen LogP contribution in [0.1, 0.15) is 18.1 Å². The Balaban J connectivity index is 1.31. The second kappa shape index (κ2) is 9.03. The van der Waals surface area contributed by atoms with Gasteiger partial charge in [0.2, 0.25) is 10.0 Å². The Morgan fingerprint density at radius 2 is 1.94 bits per heavy atom. The molecule has 1 atom stereocenters. The van der Waals surface area contributed by atoms with Gasteiger partial charge >= 0.3 is 0 Å². The first kappa shape index (κ1) is 22.9. The molecule has 0 saturated carbocycles. The molecule has 0 spiro atoms. The first-order valence-corrected chi connectivity index (χ1v) is 12.9. The number of nitrogens with one attached hydrogen (secondary N) is 2. The Morgan fingerprint density at radius 1 is 1.18 bits per heavy atom. The van der Waals surface area contributed by atoms with Crippen molar-refractivity contribution in [2.75, 3.05) is 50.1 Å². The molecule has 0 aliphatic carbocycles. The second-order valence-corrected chi connectivity index (χ2v) is 10.3. The maximum absolute atomic E-state index is 12.8. The van der Waals surface area contributed by atoms with Gasteiger partial charge in [-0.3, -0.25) is 9.69 Å². The number of carbonyl (C=O) groups is 1. The largest absolute Gasteiger partial charge is 0.492 e. The Hall–Kier alpha value is -2.92. The molecule has 3 heterocycles. The van der Waals surface area contributed by atoms with Crippen LogP contribution in [0.3, 0.4) is 0 Å². The summed E-state index contributed by atoms with van der Waals surface area (Å²) in [4.78, 5) is 15.1. The summed E-state index contributed by atoms with van der Waals surface area (Å²) >= 11 is 0. The molecule has 1 saturated heterocycles. The van der Waals surface area contributed by atoms with Crippen molar-refractivity contribution in [3.8, 4) is 5.75 Å². The highest BCUT2D eigenvalue weighted by atomic mass is 32.2. The summed E-state index contributed by atoms with van der Waals surface area (Å²) < 4.78 is 35.0. The number of fused-ring (bicyclic) bond motifs is 2. The van der Waals surface area contributed by atoms with Crippen LogP contribution in [0.2, 0.25) is 0 Å². The molecule has 10 heteroatoms. The van der Waals surface area contributed by atoms with Crippen molar-refractivity contribution in [2.24, 2.45) is 5.14 Å². The van der Waals surface area contributed by atoms with Gasteiger partial charge in [-0.15, -0.1) is 0 Å². The number of hydrogen-bond acceptors (Lipinski definition) is 7. The summed E-state index contributed by atoms with van der Waals surface area (Å²) in [6, 6.07) is 10.3. The Bertz CT molecular complexity index is 1270. The van der Waals surface area contributed by atoms with Crippen molar-refractivity contribution in [1.82, 2.24) is 4.90 Å². The number of rotatable bonds is 6. The lowest BCUT2D eigenvalue weighted by molar-refractivity contribution is -0.110. The van der Waals surface area contributed by atoms with E-state index in [1.165, 1.54) is 12.1 Å². The number of nitrogens with zero attached hydrogens (tertiary/aromatic N) is 1. The Kier molecular flexibility index (Phi) is 6.07. The molecule has 3 aliphatic heterocycles. The number of hydrogen-bond donors (Lipinski definition) is 3. The van der Waals surface area contributed by atoms with Crippen molar-refractivity contribution in [3.63, 3.8) is 0 Å². The summed E-state index contributed by atoms with van der Waals surface area (Å²) in [5.74, 6) is 0.575. The molecule has 5 rings (SSSR count). The van der Waals surface area contributed by atoms with E-state index < -0.39 is 10.0 Å². The van der Waals surface area contributed by atoms with E-state index in [2.05, 4.69) is 15.5 Å². The van der Waals surface area contributed by atoms with Crippen LogP contribution in [0, 0.1) is 0 Å². The van der Waals surface area contributed by atoms with Crippen LogP contribution < -0.4 is 20.5 Å². The molecular weight excluding hydrogens is 456 g/mol. The molecular formula is C24H28N4O5S. The molecule has 4 N–H and O–H groups in total. The summed E-state index contributed by atoms with van der Waals surface area (Å²) in [5, 5.41) is 11.6. The lowest BCUT2D eigenvalue weighted by Crippen LogP contribution is -2.38. The molecule has 1 unspecified atom stereocenters. The third kappa shape index (κ3) is 4.54. The summed E-state index contributed by atoms with van der Waals surface area (Å²) in [6.07, 6.45) is 0.697. The van der Waals surface area contributed by atoms with E-state index >= 15 is 0 Å². The zero-order valence-corrected chi connectivity index (χ0v) is 19.8. The number of nitrogens with two attached hydrogens (primary N) is 1. The monoisotopic (exact) mass is 484 g/mol. The number of primary sulfonamides is 1. The SMILES string of the molecule is C/C(=C1/C(=O)Nc2ccc(S(N)(=O)=O)cc21)C1Cc2cc(OCCN3CCOCC3)ccc2N1. The minimum atomic E-state index is -3.87. The summed E-state index contributed by atoms with van der Waals surface area (Å²) in [6.45, 7) is 6.78. The maximum atomic E-state index is 12.8. The molecule has 1 fully saturated rings. The number of ether oxygens (including phenoxy) is 2. The molecule has 180 valence electrons. The fourth-order valence-corrected chi connectivity index (χ4v) is 5.24. The molecule has 3 aliphatic rings. The van der Waals surface area contributed by atoms with Crippen LogP contribution in [0.5, 0.6) is 5.75 Å². The number of anilines is 2. The molecule has 0 radical (unpaired) electrons. The number of amides is 1. The average molecular weight is 485 g/mol. The molecule has 2 aromatic carbocycles. The van der Waals surface area contributed by atoms with Crippen molar-refractivity contribution in [2.45, 2.75) is 24.3 Å². The standard InChI is InChI=1S/C24H28N4O5S/c1-15(23-19-14-18(34(25,30)31)3-5-21(19)27-24(23)29)22-13-16-12-17(2-4-20(16)26-22)33-11-8-28-6-9-32-10-7-28/h2-5,12,14,22,26H,6-11,13H2,1H3,(H,27,29)(H2,25,30,31)/b23-15-. The molecule has 1 amide bonds. The summed E-state index contributed by atoms with van der Waals surface area (Å²) in [5.41, 5.74) is 4.58. The van der Waals surface area contributed by atoms with E-state index in [0.717, 1.165) is 55.4 Å². The van der Waals surface area contributed by atoms with Crippen LogP contribution in [-0.2, 0) is 26.0 Å². The van der Waals surface area contributed by atoms with Crippen LogP contribution in [0.4, 0.5) is 11.4 Å². The van der Waals surface area contributed by atoms with E-state index in [1.54, 1.807) is 6.07 Å². The maximum Gasteiger partial charge on any atom is 0.256 e. The topological polar surface area (TPSA) is 123 Å². The first-order valence-electron chi connectivity index (χ1n) is 11.3. The second-order valence-electron chi connectivity index (χ2n) is 8.79. The van der Waals surface area contributed by atoms with Gasteiger partial charge in [0.15, 0.2) is 0 Å². The van der Waals surface area contributed by atoms with Crippen molar-refractivity contribution < 1.29 is 22.7 Å². The van der Waals surface area contributed by atoms with E-state index in [0.29, 0.717) is 29.9 Å². The van der Waals surface area contributed by atoms with Gasteiger partial charge in [0.25, 0.3) is 5.91 Å². The Labute approximate surface area is 199 Å². The fraction of sp³-hybridized carbons (Fsp3) is 0.375. The number of carbonyl (C=O) groups excluding carboxylic acids is 1. The van der Waals surface area contributed by atoms with Gasteiger partial charge < -0.3 is 20.1 Å². The van der Waals surface area contributed by atoms with Crippen molar-refractivity contribution >= 4 is 32.9 Å². The molecule has 34 heavy (non-hydrogen) atoms. The molecule has 0 aromatic heterocycles. The van der Waals surface area contributed by atoms with E-state index in [-0.39, 0.29) is 16.8 Å². The van der Waals surface area contributed by atoms with Crippen molar-refractivity contribution in [3.05, 3.63) is 53.1 Å². The van der Waals surface area contributed by atoms with E-state index in [4.69, 9.17) is 14.6 Å². The zero-order chi connectivity index (χ0) is 23.9. The minimum Gasteiger partial charge on any atom is -0.492 e. The van der Waals surface area contributed by atoms with Gasteiger partial charge in [-0.25, -0.2) is 13.6 Å². The lowest BCUT2D eigenvalue weighted by atomic mass is 9.95. The van der Waals surface area contributed by atoms with Gasteiger partial charge in [0.05, 0.1) is 29.7 Å². The smallest absolute Gasteiger partial charge is 0.256 e. The Morgan fingerprint density at radius 3 is 2.71 bits per heavy atom. The van der Waals surface area contributed by atoms with E-state index in [9.17, 15) is 13.2 Å². The lowest BCUT2D eigenvalue weighted by Gasteiger charge is -2.26. The van der Waals surface area contributed by atoms with Gasteiger partial charge in [-0.2, -0.15) is 0 Å². The molecule has 9 nitrogen and oxygen atoms in total. The number of morpholine rings is 1. The van der Waals surface area contributed by atoms with Gasteiger partial charge in [0, 0.05) is 36.6 Å². The number of benzene rings is 2. The predicted octanol–water partition coefficient (Wildman–Crippen LogP) is 1.81. The quantitative estimate of drug-likeness (QED) is 0.535. The molecule has 0 bridgehead atoms. The minimum absolute atomic E-state index is 0.0189. The predicted molar refractivity (Wildman–Crippen MR) is 129 cm³/mol. The first-order chi connectivity index (χ1) is 16.3. The normalized spacial score (nSPS) is 21.5. The highest BCUT2D eigenvalue weighted by molar-refractivity contribution is 7.89. The average Bonchev–Trinajstić information content (AvgIpc) is 3.38. The third-order valence-electron chi connectivity index (χ3n) is 6.59. The van der Waals surface area contributed by atoms with E-state index in [1.807, 2.05) is 25.1 Å². The van der Waals surface area contributed by atoms with Crippen molar-refractivity contribution in [1.29, 1.82) is 0 Å². The summed E-state index contributed by atoms with van der Waals surface area (Å²) in [7, 11) is -3.87. The van der Waals surface area contributed by atoms with Crippen LogP contribution in [0.15, 0.2) is 46.9 Å². The number of sulfonamides is 1. The van der Waals surface area contributed by atoms with Gasteiger partial charge in [-0.1, -0.05) is 0 Å².